The minimum atomic E-state index is -3.76. The summed E-state index contributed by atoms with van der Waals surface area (Å²) >= 11 is 0. The lowest BCUT2D eigenvalue weighted by molar-refractivity contribution is 0.0596. The lowest BCUT2D eigenvalue weighted by atomic mass is 9.87. The summed E-state index contributed by atoms with van der Waals surface area (Å²) < 4.78 is 32.6. The first-order valence-corrected chi connectivity index (χ1v) is 9.80. The first-order chi connectivity index (χ1) is 12.6. The van der Waals surface area contributed by atoms with E-state index in [4.69, 9.17) is 4.74 Å². The number of ether oxygens (including phenoxy) is 1. The van der Waals surface area contributed by atoms with Gasteiger partial charge in [0.05, 0.1) is 17.5 Å². The molecule has 0 atom stereocenters. The summed E-state index contributed by atoms with van der Waals surface area (Å²) in [5.74, 6) is -0.598. The molecular formula is C19H21N3O4S. The van der Waals surface area contributed by atoms with Gasteiger partial charge in [0.15, 0.2) is 5.69 Å². The van der Waals surface area contributed by atoms with Crippen LogP contribution in [0.1, 0.15) is 36.8 Å². The highest BCUT2D eigenvalue weighted by atomic mass is 32.2. The molecule has 0 aliphatic heterocycles. The van der Waals surface area contributed by atoms with Crippen molar-refractivity contribution in [1.29, 1.82) is 0 Å². The van der Waals surface area contributed by atoms with E-state index in [0.29, 0.717) is 16.6 Å². The number of nitrogens with zero attached hydrogens (tertiary/aromatic N) is 1. The van der Waals surface area contributed by atoms with Crippen LogP contribution in [0, 0.1) is 0 Å². The fraction of sp³-hybridized carbons (Fsp3) is 0.263. The van der Waals surface area contributed by atoms with Crippen molar-refractivity contribution in [2.75, 3.05) is 11.8 Å². The summed E-state index contributed by atoms with van der Waals surface area (Å²) in [7, 11) is -2.50. The normalized spacial score (nSPS) is 12.1. The van der Waals surface area contributed by atoms with Crippen molar-refractivity contribution >= 4 is 32.6 Å². The summed E-state index contributed by atoms with van der Waals surface area (Å²) in [4.78, 5) is 11.9. The summed E-state index contributed by atoms with van der Waals surface area (Å²) in [6.07, 6.45) is 0. The zero-order valence-electron chi connectivity index (χ0n) is 15.5. The molecule has 0 bridgehead atoms. The Morgan fingerprint density at radius 2 is 1.78 bits per heavy atom. The molecular weight excluding hydrogens is 366 g/mol. The fourth-order valence-electron chi connectivity index (χ4n) is 2.68. The van der Waals surface area contributed by atoms with Crippen LogP contribution in [0.2, 0.25) is 0 Å². The summed E-state index contributed by atoms with van der Waals surface area (Å²) in [5, 5.41) is 7.11. The van der Waals surface area contributed by atoms with Crippen LogP contribution in [0.25, 0.3) is 10.9 Å². The molecule has 3 aromatic rings. The number of H-pyrrole nitrogens is 1. The average molecular weight is 387 g/mol. The topological polar surface area (TPSA) is 101 Å². The maximum Gasteiger partial charge on any atom is 0.359 e. The minimum Gasteiger partial charge on any atom is -0.464 e. The molecule has 8 heteroatoms. The number of rotatable bonds is 4. The van der Waals surface area contributed by atoms with Gasteiger partial charge in [0, 0.05) is 11.1 Å². The van der Waals surface area contributed by atoms with Gasteiger partial charge in [0.2, 0.25) is 0 Å². The third-order valence-corrected chi connectivity index (χ3v) is 5.62. The molecule has 1 heterocycles. The van der Waals surface area contributed by atoms with Crippen LogP contribution >= 0.6 is 0 Å². The van der Waals surface area contributed by atoms with Crippen LogP contribution < -0.4 is 4.72 Å². The molecule has 7 nitrogen and oxygen atoms in total. The lowest BCUT2D eigenvalue weighted by Gasteiger charge is -2.19. The monoisotopic (exact) mass is 387 g/mol. The SMILES string of the molecule is COC(=O)c1n[nH]c2ccc(NS(=O)(=O)c3ccc(C(C)(C)C)cc3)cc12. The maximum absolute atomic E-state index is 12.7. The van der Waals surface area contributed by atoms with Gasteiger partial charge in [-0.15, -0.1) is 0 Å². The van der Waals surface area contributed by atoms with Gasteiger partial charge >= 0.3 is 5.97 Å². The molecule has 0 aliphatic rings. The zero-order valence-corrected chi connectivity index (χ0v) is 16.3. The molecule has 0 radical (unpaired) electrons. The largest absolute Gasteiger partial charge is 0.464 e. The van der Waals surface area contributed by atoms with Crippen LogP contribution in [0.15, 0.2) is 47.4 Å². The number of aromatic nitrogens is 2. The van der Waals surface area contributed by atoms with Crippen LogP contribution in [0.5, 0.6) is 0 Å². The number of carbonyl (C=O) groups is 1. The summed E-state index contributed by atoms with van der Waals surface area (Å²) in [5.41, 5.74) is 2.01. The fourth-order valence-corrected chi connectivity index (χ4v) is 3.73. The second kappa shape index (κ2) is 6.70. The van der Waals surface area contributed by atoms with E-state index in [-0.39, 0.29) is 16.0 Å². The Hall–Kier alpha value is -2.87. The third kappa shape index (κ3) is 3.80. The van der Waals surface area contributed by atoms with Crippen LogP contribution in [-0.2, 0) is 20.2 Å². The van der Waals surface area contributed by atoms with Gasteiger partial charge in [-0.25, -0.2) is 13.2 Å². The first-order valence-electron chi connectivity index (χ1n) is 8.31. The Balaban J connectivity index is 1.92. The number of methoxy groups -OCH3 is 1. The van der Waals surface area contributed by atoms with E-state index in [1.165, 1.54) is 7.11 Å². The number of fused-ring (bicyclic) bond motifs is 1. The minimum absolute atomic E-state index is 0.0632. The molecule has 0 amide bonds. The highest BCUT2D eigenvalue weighted by Gasteiger charge is 2.19. The number of aromatic amines is 1. The molecule has 142 valence electrons. The number of anilines is 1. The Bertz CT molecular complexity index is 1090. The molecule has 2 N–H and O–H groups in total. The second-order valence-electron chi connectivity index (χ2n) is 7.20. The van der Waals surface area contributed by atoms with Crippen molar-refractivity contribution in [2.45, 2.75) is 31.1 Å². The molecule has 1 aromatic heterocycles. The lowest BCUT2D eigenvalue weighted by Crippen LogP contribution is -2.15. The van der Waals surface area contributed by atoms with E-state index in [2.05, 4.69) is 35.7 Å². The van der Waals surface area contributed by atoms with Gasteiger partial charge in [-0.05, 0) is 41.3 Å². The number of nitrogens with one attached hydrogen (secondary N) is 2. The van der Waals surface area contributed by atoms with Gasteiger partial charge in [-0.2, -0.15) is 5.10 Å². The Morgan fingerprint density at radius 3 is 2.37 bits per heavy atom. The number of esters is 1. The van der Waals surface area contributed by atoms with Gasteiger partial charge in [-0.3, -0.25) is 9.82 Å². The standard InChI is InChI=1S/C19H21N3O4S/c1-19(2,3)12-5-8-14(9-6-12)27(24,25)22-13-7-10-16-15(11-13)17(21-20-16)18(23)26-4/h5-11,22H,1-4H3,(H,20,21). The molecule has 27 heavy (non-hydrogen) atoms. The average Bonchev–Trinajstić information content (AvgIpc) is 3.03. The summed E-state index contributed by atoms with van der Waals surface area (Å²) in [6.45, 7) is 6.19. The van der Waals surface area contributed by atoms with Crippen molar-refractivity contribution in [1.82, 2.24) is 10.2 Å². The molecule has 0 fully saturated rings. The maximum atomic E-state index is 12.7. The second-order valence-corrected chi connectivity index (χ2v) is 8.89. The van der Waals surface area contributed by atoms with Gasteiger partial charge in [0.1, 0.15) is 0 Å². The quantitative estimate of drug-likeness (QED) is 0.668. The van der Waals surface area contributed by atoms with Crippen LogP contribution in [0.4, 0.5) is 5.69 Å². The van der Waals surface area contributed by atoms with E-state index in [1.54, 1.807) is 30.3 Å². The highest BCUT2D eigenvalue weighted by molar-refractivity contribution is 7.92. The van der Waals surface area contributed by atoms with E-state index in [0.717, 1.165) is 5.56 Å². The van der Waals surface area contributed by atoms with Crippen LogP contribution in [-0.4, -0.2) is 31.7 Å². The van der Waals surface area contributed by atoms with E-state index >= 15 is 0 Å². The number of hydrogen-bond donors (Lipinski definition) is 2. The van der Waals surface area contributed by atoms with Crippen LogP contribution in [0.3, 0.4) is 0 Å². The van der Waals surface area contributed by atoms with Gasteiger partial charge in [0.25, 0.3) is 10.0 Å². The van der Waals surface area contributed by atoms with Gasteiger partial charge < -0.3 is 4.74 Å². The Morgan fingerprint density at radius 1 is 1.11 bits per heavy atom. The van der Waals surface area contributed by atoms with E-state index < -0.39 is 16.0 Å². The van der Waals surface area contributed by atoms with Crippen molar-refractivity contribution in [3.8, 4) is 0 Å². The van der Waals surface area contributed by atoms with E-state index in [1.807, 2.05) is 12.1 Å². The first kappa shape index (κ1) is 18.9. The number of hydrogen-bond acceptors (Lipinski definition) is 5. The number of carbonyl (C=O) groups excluding carboxylic acids is 1. The number of benzene rings is 2. The van der Waals surface area contributed by atoms with E-state index in [9.17, 15) is 13.2 Å². The van der Waals surface area contributed by atoms with Crippen molar-refractivity contribution in [3.05, 3.63) is 53.7 Å². The van der Waals surface area contributed by atoms with Crippen molar-refractivity contribution in [3.63, 3.8) is 0 Å². The molecule has 0 saturated heterocycles. The third-order valence-electron chi connectivity index (χ3n) is 4.22. The Kier molecular flexibility index (Phi) is 4.69. The molecule has 0 saturated carbocycles. The van der Waals surface area contributed by atoms with Crippen molar-refractivity contribution in [2.24, 2.45) is 0 Å². The smallest absolute Gasteiger partial charge is 0.359 e. The summed E-state index contributed by atoms with van der Waals surface area (Å²) in [6, 6.07) is 11.6. The van der Waals surface area contributed by atoms with Crippen molar-refractivity contribution < 1.29 is 17.9 Å². The molecule has 2 aromatic carbocycles. The molecule has 3 rings (SSSR count). The molecule has 0 unspecified atom stereocenters. The molecule has 0 aliphatic carbocycles. The molecule has 0 spiro atoms. The predicted octanol–water partition coefficient (Wildman–Crippen LogP) is 3.45. The zero-order chi connectivity index (χ0) is 19.8. The van der Waals surface area contributed by atoms with Gasteiger partial charge in [-0.1, -0.05) is 32.9 Å². The highest BCUT2D eigenvalue weighted by Crippen LogP contribution is 2.26. The number of sulfonamides is 1. The Labute approximate surface area is 157 Å². The predicted molar refractivity (Wildman–Crippen MR) is 103 cm³/mol.